The number of hydrogen-bond acceptors (Lipinski definition) is 2. The van der Waals surface area contributed by atoms with Crippen LogP contribution in [0.5, 0.6) is 11.5 Å². The summed E-state index contributed by atoms with van der Waals surface area (Å²) >= 11 is 0. The fourth-order valence-electron chi connectivity index (χ4n) is 2.03. The summed E-state index contributed by atoms with van der Waals surface area (Å²) in [5.41, 5.74) is 2.29. The molecule has 0 unspecified atom stereocenters. The van der Waals surface area contributed by atoms with Crippen LogP contribution in [-0.4, -0.2) is 14.9 Å². The molecule has 0 amide bonds. The second kappa shape index (κ2) is 7.15. The first-order valence-electron chi connectivity index (χ1n) is 8.19. The third-order valence-corrected chi connectivity index (χ3v) is 8.90. The topological polar surface area (TPSA) is 18.5 Å². The summed E-state index contributed by atoms with van der Waals surface area (Å²) in [7, 11) is -1.80. The van der Waals surface area contributed by atoms with E-state index in [1.54, 1.807) is 0 Å². The molecule has 126 valence electrons. The molecule has 0 saturated carbocycles. The Hall–Kier alpha value is -2.18. The maximum atomic E-state index is 6.32. The monoisotopic (exact) mass is 338 g/mol. The third kappa shape index (κ3) is 4.43. The minimum atomic E-state index is -1.80. The highest BCUT2D eigenvalue weighted by molar-refractivity contribution is 6.74. The molecule has 0 fully saturated rings. The molecule has 0 spiro atoms. The maximum absolute atomic E-state index is 6.32. The molecule has 0 saturated heterocycles. The molecule has 0 aliphatic heterocycles. The SMILES string of the molecule is C#CCOc1ccc(-c2ccc(O[Si](C)(C)C(C)(C)C)cc2)cc1. The standard InChI is InChI=1S/C21H26O2Si/c1-7-16-22-19-12-8-17(9-13-19)18-10-14-20(15-11-18)23-24(5,6)21(2,3)4/h1,8-15H,16H2,2-6H3. The lowest BCUT2D eigenvalue weighted by Gasteiger charge is -2.36. The van der Waals surface area contributed by atoms with E-state index in [9.17, 15) is 0 Å². The number of rotatable bonds is 5. The van der Waals surface area contributed by atoms with Crippen LogP contribution in [0.2, 0.25) is 18.1 Å². The summed E-state index contributed by atoms with van der Waals surface area (Å²) in [5, 5.41) is 0.194. The summed E-state index contributed by atoms with van der Waals surface area (Å²) in [6, 6.07) is 16.3. The molecule has 2 aromatic carbocycles. The zero-order chi connectivity index (χ0) is 17.8. The van der Waals surface area contributed by atoms with Crippen LogP contribution in [0.25, 0.3) is 11.1 Å². The van der Waals surface area contributed by atoms with Crippen molar-refractivity contribution < 1.29 is 9.16 Å². The van der Waals surface area contributed by atoms with Crippen molar-refractivity contribution in [1.29, 1.82) is 0 Å². The Labute approximate surface area is 147 Å². The zero-order valence-corrected chi connectivity index (χ0v) is 16.2. The number of benzene rings is 2. The Kier molecular flexibility index (Phi) is 5.41. The second-order valence-electron chi connectivity index (χ2n) is 7.40. The van der Waals surface area contributed by atoms with Crippen molar-refractivity contribution in [2.75, 3.05) is 6.61 Å². The van der Waals surface area contributed by atoms with Gasteiger partial charge in [-0.3, -0.25) is 0 Å². The molecular formula is C21H26O2Si. The van der Waals surface area contributed by atoms with Crippen molar-refractivity contribution in [3.05, 3.63) is 48.5 Å². The molecule has 2 rings (SSSR count). The van der Waals surface area contributed by atoms with Crippen molar-refractivity contribution in [3.8, 4) is 35.0 Å². The predicted octanol–water partition coefficient (Wildman–Crippen LogP) is 5.75. The zero-order valence-electron chi connectivity index (χ0n) is 15.2. The number of terminal acetylenes is 1. The molecule has 0 bridgehead atoms. The third-order valence-electron chi connectivity index (χ3n) is 4.54. The fraction of sp³-hybridized carbons (Fsp3) is 0.333. The van der Waals surface area contributed by atoms with Crippen LogP contribution in [0.3, 0.4) is 0 Å². The van der Waals surface area contributed by atoms with Crippen LogP contribution in [0.15, 0.2) is 48.5 Å². The lowest BCUT2D eigenvalue weighted by molar-refractivity contribution is 0.370. The first kappa shape index (κ1) is 18.2. The van der Waals surface area contributed by atoms with Crippen LogP contribution in [0, 0.1) is 12.3 Å². The Morgan fingerprint density at radius 3 is 1.75 bits per heavy atom. The largest absolute Gasteiger partial charge is 0.544 e. The van der Waals surface area contributed by atoms with Crippen LogP contribution < -0.4 is 9.16 Å². The summed E-state index contributed by atoms with van der Waals surface area (Å²) in [6.07, 6.45) is 5.20. The van der Waals surface area contributed by atoms with Gasteiger partial charge in [0.05, 0.1) is 0 Å². The molecule has 2 aromatic rings. The molecule has 24 heavy (non-hydrogen) atoms. The molecule has 0 atom stereocenters. The molecule has 0 heterocycles. The van der Waals surface area contributed by atoms with Crippen molar-refractivity contribution in [2.24, 2.45) is 0 Å². The van der Waals surface area contributed by atoms with Crippen LogP contribution in [-0.2, 0) is 0 Å². The van der Waals surface area contributed by atoms with Crippen LogP contribution in [0.4, 0.5) is 0 Å². The van der Waals surface area contributed by atoms with E-state index < -0.39 is 8.32 Å². The van der Waals surface area contributed by atoms with E-state index in [0.29, 0.717) is 6.61 Å². The highest BCUT2D eigenvalue weighted by atomic mass is 28.4. The van der Waals surface area contributed by atoms with Gasteiger partial charge in [0, 0.05) is 0 Å². The van der Waals surface area contributed by atoms with Gasteiger partial charge in [0.25, 0.3) is 0 Å². The van der Waals surface area contributed by atoms with E-state index >= 15 is 0 Å². The van der Waals surface area contributed by atoms with E-state index in [2.05, 4.69) is 64.1 Å². The normalized spacial score (nSPS) is 11.7. The molecule has 0 aliphatic carbocycles. The fourth-order valence-corrected chi connectivity index (χ4v) is 3.06. The second-order valence-corrected chi connectivity index (χ2v) is 12.1. The molecule has 3 heteroatoms. The average molecular weight is 339 g/mol. The van der Waals surface area contributed by atoms with Gasteiger partial charge in [0.2, 0.25) is 8.32 Å². The minimum Gasteiger partial charge on any atom is -0.544 e. The molecule has 0 radical (unpaired) electrons. The predicted molar refractivity (Wildman–Crippen MR) is 104 cm³/mol. The molecular weight excluding hydrogens is 312 g/mol. The van der Waals surface area contributed by atoms with E-state index in [1.807, 2.05) is 24.3 Å². The lowest BCUT2D eigenvalue weighted by Crippen LogP contribution is -2.43. The van der Waals surface area contributed by atoms with Crippen molar-refractivity contribution >= 4 is 8.32 Å². The van der Waals surface area contributed by atoms with Gasteiger partial charge in [-0.15, -0.1) is 6.42 Å². The maximum Gasteiger partial charge on any atom is 0.250 e. The van der Waals surface area contributed by atoms with Gasteiger partial charge in [-0.2, -0.15) is 0 Å². The smallest absolute Gasteiger partial charge is 0.250 e. The quantitative estimate of drug-likeness (QED) is 0.510. The summed E-state index contributed by atoms with van der Waals surface area (Å²) in [6.45, 7) is 11.6. The minimum absolute atomic E-state index is 0.194. The van der Waals surface area contributed by atoms with E-state index in [0.717, 1.165) is 22.6 Å². The van der Waals surface area contributed by atoms with Crippen molar-refractivity contribution in [1.82, 2.24) is 0 Å². The Morgan fingerprint density at radius 1 is 0.875 bits per heavy atom. The summed E-state index contributed by atoms with van der Waals surface area (Å²) in [4.78, 5) is 0. The Bertz CT molecular complexity index is 701. The van der Waals surface area contributed by atoms with Gasteiger partial charge >= 0.3 is 0 Å². The van der Waals surface area contributed by atoms with Gasteiger partial charge in [-0.05, 0) is 53.5 Å². The molecule has 0 N–H and O–H groups in total. The van der Waals surface area contributed by atoms with Crippen LogP contribution >= 0.6 is 0 Å². The van der Waals surface area contributed by atoms with Gasteiger partial charge < -0.3 is 9.16 Å². The van der Waals surface area contributed by atoms with Crippen molar-refractivity contribution in [3.63, 3.8) is 0 Å². The lowest BCUT2D eigenvalue weighted by atomic mass is 10.1. The first-order chi connectivity index (χ1) is 11.2. The highest BCUT2D eigenvalue weighted by Gasteiger charge is 2.38. The molecule has 0 aliphatic rings. The Balaban J connectivity index is 2.11. The van der Waals surface area contributed by atoms with Gasteiger partial charge in [-0.25, -0.2) is 0 Å². The first-order valence-corrected chi connectivity index (χ1v) is 11.1. The summed E-state index contributed by atoms with van der Waals surface area (Å²) < 4.78 is 11.7. The number of hydrogen-bond donors (Lipinski definition) is 0. The molecule has 2 nitrogen and oxygen atoms in total. The molecule has 0 aromatic heterocycles. The summed E-state index contributed by atoms with van der Waals surface area (Å²) in [5.74, 6) is 4.20. The van der Waals surface area contributed by atoms with Gasteiger partial charge in [-0.1, -0.05) is 51.0 Å². The van der Waals surface area contributed by atoms with Crippen LogP contribution in [0.1, 0.15) is 20.8 Å². The van der Waals surface area contributed by atoms with E-state index in [-0.39, 0.29) is 5.04 Å². The van der Waals surface area contributed by atoms with Crippen molar-refractivity contribution in [2.45, 2.75) is 38.9 Å². The Morgan fingerprint density at radius 2 is 1.33 bits per heavy atom. The van der Waals surface area contributed by atoms with E-state index in [4.69, 9.17) is 15.6 Å². The number of ether oxygens (including phenoxy) is 1. The van der Waals surface area contributed by atoms with E-state index in [1.165, 1.54) is 0 Å². The highest BCUT2D eigenvalue weighted by Crippen LogP contribution is 2.37. The van der Waals surface area contributed by atoms with Gasteiger partial charge in [0.1, 0.15) is 18.1 Å². The van der Waals surface area contributed by atoms with Gasteiger partial charge in [0.15, 0.2) is 0 Å². The average Bonchev–Trinajstić information content (AvgIpc) is 2.53.